The second-order valence-corrected chi connectivity index (χ2v) is 5.19. The Morgan fingerprint density at radius 3 is 2.30 bits per heavy atom. The Hall–Kier alpha value is -2.25. The van der Waals surface area contributed by atoms with Crippen molar-refractivity contribution in [3.8, 4) is 0 Å². The number of benzene rings is 1. The van der Waals surface area contributed by atoms with E-state index in [0.29, 0.717) is 32.7 Å². The van der Waals surface area contributed by atoms with Crippen LogP contribution in [0.4, 0.5) is 18.0 Å². The van der Waals surface area contributed by atoms with Gasteiger partial charge in [-0.3, -0.25) is 4.79 Å². The summed E-state index contributed by atoms with van der Waals surface area (Å²) >= 11 is 0. The molecule has 0 aromatic heterocycles. The zero-order valence-corrected chi connectivity index (χ0v) is 12.7. The number of carbonyl (C=O) groups is 2. The van der Waals surface area contributed by atoms with Crippen molar-refractivity contribution < 1.29 is 22.8 Å². The van der Waals surface area contributed by atoms with E-state index < -0.39 is 17.6 Å². The van der Waals surface area contributed by atoms with E-state index in [-0.39, 0.29) is 11.6 Å². The summed E-state index contributed by atoms with van der Waals surface area (Å²) in [6.07, 6.45) is -4.48. The van der Waals surface area contributed by atoms with Crippen LogP contribution in [0.25, 0.3) is 0 Å². The summed E-state index contributed by atoms with van der Waals surface area (Å²) in [7, 11) is 0. The predicted octanol–water partition coefficient (Wildman–Crippen LogP) is 2.19. The van der Waals surface area contributed by atoms with E-state index in [1.54, 1.807) is 4.90 Å². The normalized spacial score (nSPS) is 15.5. The van der Waals surface area contributed by atoms with Gasteiger partial charge in [0.15, 0.2) is 0 Å². The summed E-state index contributed by atoms with van der Waals surface area (Å²) < 4.78 is 38.1. The van der Waals surface area contributed by atoms with Gasteiger partial charge in [-0.1, -0.05) is 6.07 Å². The molecule has 1 fully saturated rings. The number of halogens is 3. The monoisotopic (exact) mass is 329 g/mol. The van der Waals surface area contributed by atoms with Crippen molar-refractivity contribution in [2.75, 3.05) is 32.7 Å². The van der Waals surface area contributed by atoms with Gasteiger partial charge in [0.05, 0.1) is 5.56 Å². The highest BCUT2D eigenvalue weighted by molar-refractivity contribution is 5.94. The van der Waals surface area contributed by atoms with Crippen LogP contribution in [0.3, 0.4) is 0 Å². The smallest absolute Gasteiger partial charge is 0.338 e. The van der Waals surface area contributed by atoms with Gasteiger partial charge < -0.3 is 15.1 Å². The number of hydrogen-bond acceptors (Lipinski definition) is 2. The molecule has 126 valence electrons. The van der Waals surface area contributed by atoms with Crippen molar-refractivity contribution in [1.82, 2.24) is 15.1 Å². The summed E-state index contributed by atoms with van der Waals surface area (Å²) in [5.74, 6) is -0.452. The Labute approximate surface area is 132 Å². The minimum Gasteiger partial charge on any atom is -0.338 e. The largest absolute Gasteiger partial charge is 0.416 e. The molecule has 1 heterocycles. The van der Waals surface area contributed by atoms with Crippen LogP contribution in [-0.4, -0.2) is 54.5 Å². The second kappa shape index (κ2) is 6.89. The molecule has 5 nitrogen and oxygen atoms in total. The second-order valence-electron chi connectivity index (χ2n) is 5.19. The third-order valence-electron chi connectivity index (χ3n) is 3.62. The highest BCUT2D eigenvalue weighted by Crippen LogP contribution is 2.29. The minimum atomic E-state index is -4.48. The lowest BCUT2D eigenvalue weighted by Crippen LogP contribution is -2.53. The van der Waals surface area contributed by atoms with Gasteiger partial charge in [0.2, 0.25) is 0 Å². The van der Waals surface area contributed by atoms with Gasteiger partial charge in [-0.2, -0.15) is 13.2 Å². The fraction of sp³-hybridized carbons (Fsp3) is 0.467. The molecule has 2 rings (SSSR count). The molecule has 3 amide bonds. The van der Waals surface area contributed by atoms with Gasteiger partial charge >= 0.3 is 12.2 Å². The van der Waals surface area contributed by atoms with E-state index in [9.17, 15) is 22.8 Å². The molecule has 1 aromatic carbocycles. The predicted molar refractivity (Wildman–Crippen MR) is 78.0 cm³/mol. The maximum Gasteiger partial charge on any atom is 0.416 e. The Bertz CT molecular complexity index is 582. The molecule has 8 heteroatoms. The quantitative estimate of drug-likeness (QED) is 0.904. The molecule has 0 bridgehead atoms. The molecular weight excluding hydrogens is 311 g/mol. The van der Waals surface area contributed by atoms with Gasteiger partial charge in [-0.15, -0.1) is 0 Å². The van der Waals surface area contributed by atoms with Gasteiger partial charge in [0.25, 0.3) is 5.91 Å². The number of rotatable bonds is 2. The van der Waals surface area contributed by atoms with E-state index >= 15 is 0 Å². The van der Waals surface area contributed by atoms with Crippen LogP contribution in [0.15, 0.2) is 24.3 Å². The number of nitrogens with one attached hydrogen (secondary N) is 1. The molecule has 1 aliphatic heterocycles. The Kier molecular flexibility index (Phi) is 5.12. The maximum absolute atomic E-state index is 12.7. The van der Waals surface area contributed by atoms with E-state index in [1.165, 1.54) is 17.0 Å². The summed E-state index contributed by atoms with van der Waals surface area (Å²) in [5.41, 5.74) is -0.837. The van der Waals surface area contributed by atoms with Crippen LogP contribution < -0.4 is 5.32 Å². The van der Waals surface area contributed by atoms with Crippen LogP contribution >= 0.6 is 0 Å². The fourth-order valence-corrected chi connectivity index (χ4v) is 2.39. The van der Waals surface area contributed by atoms with Crippen molar-refractivity contribution in [2.24, 2.45) is 0 Å². The zero-order valence-electron chi connectivity index (χ0n) is 12.7. The fourth-order valence-electron chi connectivity index (χ4n) is 2.39. The summed E-state index contributed by atoms with van der Waals surface area (Å²) in [6.45, 7) is 3.64. The molecule has 23 heavy (non-hydrogen) atoms. The molecule has 0 aliphatic carbocycles. The summed E-state index contributed by atoms with van der Waals surface area (Å²) in [6, 6.07) is 4.19. The first-order chi connectivity index (χ1) is 10.8. The third kappa shape index (κ3) is 4.14. The van der Waals surface area contributed by atoms with E-state index in [2.05, 4.69) is 5.32 Å². The Balaban J connectivity index is 2.02. The number of carbonyl (C=O) groups excluding carboxylic acids is 2. The van der Waals surface area contributed by atoms with Crippen molar-refractivity contribution in [3.63, 3.8) is 0 Å². The van der Waals surface area contributed by atoms with Crippen LogP contribution in [0.5, 0.6) is 0 Å². The lowest BCUT2D eigenvalue weighted by atomic mass is 10.1. The van der Waals surface area contributed by atoms with E-state index in [1.807, 2.05) is 6.92 Å². The van der Waals surface area contributed by atoms with Crippen molar-refractivity contribution in [3.05, 3.63) is 35.4 Å². The molecular formula is C15H18F3N3O2. The Morgan fingerprint density at radius 2 is 1.74 bits per heavy atom. The molecule has 0 radical (unpaired) electrons. The molecule has 0 saturated carbocycles. The van der Waals surface area contributed by atoms with Crippen LogP contribution in [0, 0.1) is 0 Å². The molecule has 0 atom stereocenters. The number of alkyl halides is 3. The third-order valence-corrected chi connectivity index (χ3v) is 3.62. The average Bonchev–Trinajstić information content (AvgIpc) is 2.54. The molecule has 1 N–H and O–H groups in total. The molecule has 0 unspecified atom stereocenters. The van der Waals surface area contributed by atoms with Gasteiger partial charge in [0, 0.05) is 38.3 Å². The number of hydrogen-bond donors (Lipinski definition) is 1. The topological polar surface area (TPSA) is 52.7 Å². The lowest BCUT2D eigenvalue weighted by molar-refractivity contribution is -0.137. The van der Waals surface area contributed by atoms with Crippen LogP contribution in [0.2, 0.25) is 0 Å². The van der Waals surface area contributed by atoms with Crippen molar-refractivity contribution in [1.29, 1.82) is 0 Å². The van der Waals surface area contributed by atoms with Gasteiger partial charge in [-0.05, 0) is 25.1 Å². The summed E-state index contributed by atoms with van der Waals surface area (Å²) in [4.78, 5) is 27.1. The number of urea groups is 1. The zero-order chi connectivity index (χ0) is 17.0. The Morgan fingerprint density at radius 1 is 1.13 bits per heavy atom. The van der Waals surface area contributed by atoms with Crippen LogP contribution in [-0.2, 0) is 6.18 Å². The molecule has 1 saturated heterocycles. The first kappa shape index (κ1) is 17.1. The average molecular weight is 329 g/mol. The standard InChI is InChI=1S/C15H18F3N3O2/c1-2-19-14(23)21-8-6-20(7-9-21)13(22)11-4-3-5-12(10-11)15(16,17)18/h3-5,10H,2,6-9H2,1H3,(H,19,23). The molecule has 1 aliphatic rings. The van der Waals surface area contributed by atoms with Crippen molar-refractivity contribution >= 4 is 11.9 Å². The molecule has 1 aromatic rings. The van der Waals surface area contributed by atoms with Gasteiger partial charge in [-0.25, -0.2) is 4.79 Å². The first-order valence-corrected chi connectivity index (χ1v) is 7.32. The van der Waals surface area contributed by atoms with Crippen LogP contribution in [0.1, 0.15) is 22.8 Å². The summed E-state index contributed by atoms with van der Waals surface area (Å²) in [5, 5.41) is 2.67. The number of nitrogens with zero attached hydrogens (tertiary/aromatic N) is 2. The number of piperazine rings is 1. The van der Waals surface area contributed by atoms with Crippen molar-refractivity contribution in [2.45, 2.75) is 13.1 Å². The number of amides is 3. The highest BCUT2D eigenvalue weighted by atomic mass is 19.4. The van der Waals surface area contributed by atoms with E-state index in [4.69, 9.17) is 0 Å². The highest BCUT2D eigenvalue weighted by Gasteiger charge is 2.32. The SMILES string of the molecule is CCNC(=O)N1CCN(C(=O)c2cccc(C(F)(F)F)c2)CC1. The first-order valence-electron chi connectivity index (χ1n) is 7.32. The van der Waals surface area contributed by atoms with E-state index in [0.717, 1.165) is 12.1 Å². The lowest BCUT2D eigenvalue weighted by Gasteiger charge is -2.34. The molecule has 0 spiro atoms. The maximum atomic E-state index is 12.7. The van der Waals surface area contributed by atoms with Gasteiger partial charge in [0.1, 0.15) is 0 Å². The minimum absolute atomic E-state index is 0.00582.